The van der Waals surface area contributed by atoms with Crippen LogP contribution in [-0.4, -0.2) is 18.3 Å². The summed E-state index contributed by atoms with van der Waals surface area (Å²) in [6.45, 7) is 0.599. The molecule has 142 valence electrons. The van der Waals surface area contributed by atoms with Gasteiger partial charge in [0.1, 0.15) is 0 Å². The molecule has 0 atom stereocenters. The second kappa shape index (κ2) is 8.95. The van der Waals surface area contributed by atoms with E-state index in [9.17, 15) is 4.79 Å². The monoisotopic (exact) mass is 426 g/mol. The minimum absolute atomic E-state index is 0.0986. The van der Waals surface area contributed by atoms with E-state index in [2.05, 4.69) is 17.4 Å². The van der Waals surface area contributed by atoms with Gasteiger partial charge in [0.2, 0.25) is 0 Å². The van der Waals surface area contributed by atoms with Crippen molar-refractivity contribution >= 4 is 52.5 Å². The molecule has 0 bridgehead atoms. The van der Waals surface area contributed by atoms with Crippen molar-refractivity contribution in [2.45, 2.75) is 15.5 Å². The number of halogens is 1. The summed E-state index contributed by atoms with van der Waals surface area (Å²) in [4.78, 5) is 16.9. The van der Waals surface area contributed by atoms with Crippen LogP contribution >= 0.6 is 35.1 Å². The molecule has 28 heavy (non-hydrogen) atoms. The number of nitrogens with one attached hydrogen (secondary N) is 1. The zero-order valence-corrected chi connectivity index (χ0v) is 17.5. The number of carbonyl (C=O) groups excluding carboxylic acids is 1. The van der Waals surface area contributed by atoms with Gasteiger partial charge in [-0.2, -0.15) is 11.8 Å². The first-order chi connectivity index (χ1) is 13.7. The average Bonchev–Trinajstić information content (AvgIpc) is 2.72. The van der Waals surface area contributed by atoms with Crippen molar-refractivity contribution in [2.75, 3.05) is 17.2 Å². The molecule has 0 aromatic heterocycles. The summed E-state index contributed by atoms with van der Waals surface area (Å²) >= 11 is 9.65. The third-order valence-corrected chi connectivity index (χ3v) is 6.88. The average molecular weight is 427 g/mol. The van der Waals surface area contributed by atoms with Gasteiger partial charge in [0.15, 0.2) is 0 Å². The Morgan fingerprint density at radius 2 is 1.54 bits per heavy atom. The topological polar surface area (TPSA) is 32.3 Å². The quantitative estimate of drug-likeness (QED) is 0.467. The largest absolute Gasteiger partial charge is 0.337 e. The molecule has 0 saturated heterocycles. The van der Waals surface area contributed by atoms with Gasteiger partial charge in [-0.1, -0.05) is 65.8 Å². The molecule has 1 aliphatic rings. The molecule has 1 heterocycles. The van der Waals surface area contributed by atoms with Crippen molar-refractivity contribution in [2.24, 2.45) is 0 Å². The van der Waals surface area contributed by atoms with Crippen molar-refractivity contribution < 1.29 is 4.79 Å². The van der Waals surface area contributed by atoms with Crippen molar-refractivity contribution in [3.8, 4) is 0 Å². The van der Waals surface area contributed by atoms with Gasteiger partial charge >= 0.3 is 6.03 Å². The molecule has 0 radical (unpaired) electrons. The highest BCUT2D eigenvalue weighted by Crippen LogP contribution is 2.47. The van der Waals surface area contributed by atoms with Gasteiger partial charge in [-0.05, 0) is 35.9 Å². The fourth-order valence-corrected chi connectivity index (χ4v) is 5.23. The standard InChI is InChI=1S/C22H19ClN2OS2/c23-17-8-2-1-7-16(17)15-27-14-13-24-22(26)25-18-9-3-5-11-20(18)28-21-12-6-4-10-19(21)25/h1-12H,13-15H2,(H,24,26). The van der Waals surface area contributed by atoms with Crippen LogP contribution in [0.3, 0.4) is 0 Å². The van der Waals surface area contributed by atoms with E-state index in [1.165, 1.54) is 0 Å². The Labute approximate surface area is 178 Å². The van der Waals surface area contributed by atoms with E-state index in [0.717, 1.165) is 43.3 Å². The predicted octanol–water partition coefficient (Wildman–Crippen LogP) is 6.59. The van der Waals surface area contributed by atoms with E-state index in [4.69, 9.17) is 11.6 Å². The summed E-state index contributed by atoms with van der Waals surface area (Å²) in [6.07, 6.45) is 0. The Morgan fingerprint density at radius 3 is 2.21 bits per heavy atom. The Bertz CT molecular complexity index is 950. The van der Waals surface area contributed by atoms with Crippen LogP contribution in [0.2, 0.25) is 5.02 Å². The van der Waals surface area contributed by atoms with Gasteiger partial charge in [0.05, 0.1) is 11.4 Å². The second-order valence-corrected chi connectivity index (χ2v) is 8.84. The zero-order chi connectivity index (χ0) is 19.3. The molecule has 6 heteroatoms. The fraction of sp³-hybridized carbons (Fsp3) is 0.136. The van der Waals surface area contributed by atoms with Crippen LogP contribution in [0.5, 0.6) is 0 Å². The van der Waals surface area contributed by atoms with Gasteiger partial charge in [-0.15, -0.1) is 0 Å². The van der Waals surface area contributed by atoms with Crippen molar-refractivity contribution in [1.82, 2.24) is 5.32 Å². The van der Waals surface area contributed by atoms with Crippen molar-refractivity contribution in [3.63, 3.8) is 0 Å². The van der Waals surface area contributed by atoms with Gasteiger partial charge in [0.25, 0.3) is 0 Å². The summed E-state index contributed by atoms with van der Waals surface area (Å²) in [5.41, 5.74) is 2.97. The number of hydrogen-bond acceptors (Lipinski definition) is 3. The summed E-state index contributed by atoms with van der Waals surface area (Å²) in [5.74, 6) is 1.66. The van der Waals surface area contributed by atoms with E-state index in [0.29, 0.717) is 6.54 Å². The Hall–Kier alpha value is -2.08. The first-order valence-corrected chi connectivity index (χ1v) is 11.3. The maximum Gasteiger partial charge on any atom is 0.326 e. The number of rotatable bonds is 5. The number of carbonyl (C=O) groups is 1. The molecular formula is C22H19ClN2OS2. The highest BCUT2D eigenvalue weighted by Gasteiger charge is 2.27. The van der Waals surface area contributed by atoms with Crippen LogP contribution in [0, 0.1) is 0 Å². The molecule has 0 saturated carbocycles. The normalized spacial score (nSPS) is 12.2. The molecule has 2 amide bonds. The molecule has 3 aromatic carbocycles. The summed E-state index contributed by atoms with van der Waals surface area (Å²) < 4.78 is 0. The van der Waals surface area contributed by atoms with Crippen LogP contribution < -0.4 is 10.2 Å². The fourth-order valence-electron chi connectivity index (χ4n) is 3.03. The first kappa shape index (κ1) is 19.2. The molecule has 0 aliphatic carbocycles. The highest BCUT2D eigenvalue weighted by atomic mass is 35.5. The Morgan fingerprint density at radius 1 is 0.929 bits per heavy atom. The molecule has 1 N–H and O–H groups in total. The van der Waals surface area contributed by atoms with Crippen LogP contribution in [0.4, 0.5) is 16.2 Å². The number of fused-ring (bicyclic) bond motifs is 2. The number of amides is 2. The van der Waals surface area contributed by atoms with Crippen LogP contribution in [-0.2, 0) is 5.75 Å². The maximum absolute atomic E-state index is 13.0. The number of para-hydroxylation sites is 2. The Kier molecular flexibility index (Phi) is 6.15. The number of nitrogens with zero attached hydrogens (tertiary/aromatic N) is 1. The van der Waals surface area contributed by atoms with Gasteiger partial charge in [-0.25, -0.2) is 4.79 Å². The summed E-state index contributed by atoms with van der Waals surface area (Å²) in [7, 11) is 0. The number of anilines is 2. The van der Waals surface area contributed by atoms with E-state index < -0.39 is 0 Å². The third-order valence-electron chi connectivity index (χ3n) is 4.37. The molecular weight excluding hydrogens is 408 g/mol. The van der Waals surface area contributed by atoms with E-state index in [1.807, 2.05) is 60.7 Å². The van der Waals surface area contributed by atoms with Gasteiger partial charge in [0, 0.05) is 32.9 Å². The number of hydrogen-bond donors (Lipinski definition) is 1. The highest BCUT2D eigenvalue weighted by molar-refractivity contribution is 7.99. The molecule has 3 aromatic rings. The zero-order valence-electron chi connectivity index (χ0n) is 15.1. The minimum Gasteiger partial charge on any atom is -0.337 e. The molecule has 1 aliphatic heterocycles. The van der Waals surface area contributed by atoms with Gasteiger partial charge in [-0.3, -0.25) is 4.90 Å². The van der Waals surface area contributed by atoms with Crippen LogP contribution in [0.15, 0.2) is 82.6 Å². The van der Waals surface area contributed by atoms with E-state index >= 15 is 0 Å². The lowest BCUT2D eigenvalue weighted by molar-refractivity contribution is 0.249. The molecule has 0 unspecified atom stereocenters. The minimum atomic E-state index is -0.0986. The van der Waals surface area contributed by atoms with Crippen molar-refractivity contribution in [1.29, 1.82) is 0 Å². The third kappa shape index (κ3) is 4.17. The van der Waals surface area contributed by atoms with E-state index in [-0.39, 0.29) is 6.03 Å². The lowest BCUT2D eigenvalue weighted by atomic mass is 10.2. The molecule has 0 spiro atoms. The molecule has 0 fully saturated rings. The SMILES string of the molecule is O=C(NCCSCc1ccccc1Cl)N1c2ccccc2Sc2ccccc21. The van der Waals surface area contributed by atoms with E-state index in [1.54, 1.807) is 28.4 Å². The Balaban J connectivity index is 1.39. The number of urea groups is 1. The second-order valence-electron chi connectivity index (χ2n) is 6.25. The van der Waals surface area contributed by atoms with Crippen LogP contribution in [0.25, 0.3) is 0 Å². The molecule has 3 nitrogen and oxygen atoms in total. The number of benzene rings is 3. The smallest absolute Gasteiger partial charge is 0.326 e. The first-order valence-electron chi connectivity index (χ1n) is 8.99. The lowest BCUT2D eigenvalue weighted by Crippen LogP contribution is -2.39. The number of thioether (sulfide) groups is 1. The summed E-state index contributed by atoms with van der Waals surface area (Å²) in [6, 6.07) is 23.8. The maximum atomic E-state index is 13.0. The summed E-state index contributed by atoms with van der Waals surface area (Å²) in [5, 5.41) is 3.85. The van der Waals surface area contributed by atoms with Gasteiger partial charge < -0.3 is 5.32 Å². The predicted molar refractivity (Wildman–Crippen MR) is 120 cm³/mol. The van der Waals surface area contributed by atoms with Crippen molar-refractivity contribution in [3.05, 3.63) is 83.4 Å². The lowest BCUT2D eigenvalue weighted by Gasteiger charge is -2.31. The molecule has 4 rings (SSSR count). The van der Waals surface area contributed by atoms with Crippen LogP contribution in [0.1, 0.15) is 5.56 Å².